The number of hydrogen-bond acceptors (Lipinski definition) is 16. The Bertz CT molecular complexity index is 827. The van der Waals surface area contributed by atoms with Gasteiger partial charge in [0.2, 0.25) is 0 Å². The minimum absolute atomic E-state index is 0.214. The summed E-state index contributed by atoms with van der Waals surface area (Å²) in [6.45, 7) is 5.47. The molecule has 0 saturated carbocycles. The molecule has 0 amide bonds. The van der Waals surface area contributed by atoms with E-state index in [1.807, 2.05) is 0 Å². The molecule has 0 aromatic rings. The molecule has 16 heteroatoms. The SMILES string of the molecule is CC1(C)O[C@H]([C@H](O)CO[C@@H]2O[C@H](CO[C@@H]3O[C@H](CO)[C@@H](O)[C@H](O)[C@H]3O)[C@@H](O)[C@H](O)[C@H]2O)[C@@H]([C@H]2COC(C)(C)O2)O1. The fourth-order valence-corrected chi connectivity index (χ4v) is 5.15. The largest absolute Gasteiger partial charge is 0.394 e. The molecule has 4 heterocycles. The van der Waals surface area contributed by atoms with E-state index in [1.54, 1.807) is 27.7 Å². The molecule has 40 heavy (non-hydrogen) atoms. The highest BCUT2D eigenvalue weighted by molar-refractivity contribution is 4.95. The van der Waals surface area contributed by atoms with E-state index in [0.29, 0.717) is 0 Å². The molecule has 14 atom stereocenters. The van der Waals surface area contributed by atoms with Crippen LogP contribution in [-0.2, 0) is 37.9 Å². The Morgan fingerprint density at radius 1 is 0.725 bits per heavy atom. The van der Waals surface area contributed by atoms with Gasteiger partial charge in [-0.15, -0.1) is 0 Å². The van der Waals surface area contributed by atoms with Gasteiger partial charge in [0.05, 0.1) is 26.4 Å². The van der Waals surface area contributed by atoms with E-state index in [0.717, 1.165) is 0 Å². The quantitative estimate of drug-likeness (QED) is 0.127. The first kappa shape index (κ1) is 32.3. The fourth-order valence-electron chi connectivity index (χ4n) is 5.15. The van der Waals surface area contributed by atoms with Crippen molar-refractivity contribution in [1.29, 1.82) is 0 Å². The molecule has 0 radical (unpaired) electrons. The summed E-state index contributed by atoms with van der Waals surface area (Å²) in [4.78, 5) is 0. The van der Waals surface area contributed by atoms with Crippen molar-refractivity contribution in [2.45, 2.75) is 125 Å². The number of hydrogen-bond donors (Lipinski definition) is 8. The molecule has 4 fully saturated rings. The Balaban J connectivity index is 1.35. The molecule has 8 N–H and O–H groups in total. The third-order valence-electron chi connectivity index (χ3n) is 7.31. The van der Waals surface area contributed by atoms with Crippen molar-refractivity contribution in [3.05, 3.63) is 0 Å². The minimum atomic E-state index is -1.73. The van der Waals surface area contributed by atoms with Crippen molar-refractivity contribution >= 4 is 0 Å². The first-order valence-corrected chi connectivity index (χ1v) is 13.2. The van der Waals surface area contributed by atoms with E-state index in [-0.39, 0.29) is 6.61 Å². The maximum Gasteiger partial charge on any atom is 0.186 e. The smallest absolute Gasteiger partial charge is 0.186 e. The van der Waals surface area contributed by atoms with E-state index < -0.39 is 117 Å². The summed E-state index contributed by atoms with van der Waals surface area (Å²) in [7, 11) is 0. The van der Waals surface area contributed by atoms with Gasteiger partial charge in [0.15, 0.2) is 24.2 Å². The second-order valence-electron chi connectivity index (χ2n) is 11.4. The molecule has 0 aromatic heterocycles. The van der Waals surface area contributed by atoms with Crippen molar-refractivity contribution in [2.75, 3.05) is 26.4 Å². The summed E-state index contributed by atoms with van der Waals surface area (Å²) in [5.41, 5.74) is 0. The lowest BCUT2D eigenvalue weighted by atomic mass is 9.98. The molecule has 0 spiro atoms. The van der Waals surface area contributed by atoms with Gasteiger partial charge in [-0.3, -0.25) is 0 Å². The van der Waals surface area contributed by atoms with Crippen LogP contribution in [0.5, 0.6) is 0 Å². The zero-order valence-corrected chi connectivity index (χ0v) is 22.8. The summed E-state index contributed by atoms with van der Waals surface area (Å²) >= 11 is 0. The summed E-state index contributed by atoms with van der Waals surface area (Å²) in [6, 6.07) is 0. The number of aliphatic hydroxyl groups excluding tert-OH is 8. The van der Waals surface area contributed by atoms with Crippen molar-refractivity contribution in [2.24, 2.45) is 0 Å². The van der Waals surface area contributed by atoms with Crippen LogP contribution in [0.25, 0.3) is 0 Å². The van der Waals surface area contributed by atoms with E-state index in [2.05, 4.69) is 0 Å². The van der Waals surface area contributed by atoms with Gasteiger partial charge in [-0.05, 0) is 27.7 Å². The Labute approximate surface area is 230 Å². The van der Waals surface area contributed by atoms with Crippen molar-refractivity contribution < 1.29 is 78.7 Å². The molecule has 4 aliphatic rings. The lowest BCUT2D eigenvalue weighted by Crippen LogP contribution is -2.62. The standard InChI is InChI=1S/C24H42O16/c1-23(2)35-8-12(38-23)20-19(39-24(3,4)40-20)9(26)6-33-21-18(32)16(30)14(28)11(37-21)7-34-22-17(31)15(29)13(27)10(5-25)36-22/h9-22,25-32H,5-8H2,1-4H3/t9-,10-,11-,12-,13-,14-,15+,16+,17-,18-,19-,20-,21-,22-/m1/s1. The van der Waals surface area contributed by atoms with Crippen LogP contribution in [0.1, 0.15) is 27.7 Å². The summed E-state index contributed by atoms with van der Waals surface area (Å²) in [5.74, 6) is -1.88. The van der Waals surface area contributed by atoms with E-state index >= 15 is 0 Å². The lowest BCUT2D eigenvalue weighted by molar-refractivity contribution is -0.333. The molecule has 4 aliphatic heterocycles. The molecule has 0 bridgehead atoms. The summed E-state index contributed by atoms with van der Waals surface area (Å²) in [6.07, 6.45) is -19.0. The molecular weight excluding hydrogens is 544 g/mol. The first-order chi connectivity index (χ1) is 18.6. The van der Waals surface area contributed by atoms with Crippen LogP contribution in [0.15, 0.2) is 0 Å². The maximum atomic E-state index is 10.9. The Hall–Kier alpha value is -0.640. The molecule has 0 unspecified atom stereocenters. The van der Waals surface area contributed by atoms with Crippen LogP contribution in [0.4, 0.5) is 0 Å². The number of rotatable bonds is 9. The van der Waals surface area contributed by atoms with Crippen LogP contribution >= 0.6 is 0 Å². The van der Waals surface area contributed by atoms with Gasteiger partial charge in [0, 0.05) is 0 Å². The highest BCUT2D eigenvalue weighted by Gasteiger charge is 2.53. The van der Waals surface area contributed by atoms with E-state index in [1.165, 1.54) is 0 Å². The second kappa shape index (κ2) is 12.5. The van der Waals surface area contributed by atoms with E-state index in [9.17, 15) is 40.9 Å². The molecule has 234 valence electrons. The van der Waals surface area contributed by atoms with Gasteiger partial charge < -0.3 is 78.7 Å². The normalized spacial score (nSPS) is 47.9. The zero-order chi connectivity index (χ0) is 29.6. The van der Waals surface area contributed by atoms with Gasteiger partial charge in [-0.2, -0.15) is 0 Å². The predicted molar refractivity (Wildman–Crippen MR) is 127 cm³/mol. The highest BCUT2D eigenvalue weighted by atomic mass is 16.8. The van der Waals surface area contributed by atoms with Gasteiger partial charge in [-0.25, -0.2) is 0 Å². The average molecular weight is 587 g/mol. The minimum Gasteiger partial charge on any atom is -0.394 e. The van der Waals surface area contributed by atoms with E-state index in [4.69, 9.17) is 37.9 Å². The molecular formula is C24H42O16. The molecule has 4 saturated heterocycles. The van der Waals surface area contributed by atoms with Crippen molar-refractivity contribution in [1.82, 2.24) is 0 Å². The van der Waals surface area contributed by atoms with Gasteiger partial charge >= 0.3 is 0 Å². The maximum absolute atomic E-state index is 10.9. The molecule has 16 nitrogen and oxygen atoms in total. The number of ether oxygens (including phenoxy) is 8. The van der Waals surface area contributed by atoms with Crippen LogP contribution in [0.2, 0.25) is 0 Å². The molecule has 0 aliphatic carbocycles. The van der Waals surface area contributed by atoms with Gasteiger partial charge in [-0.1, -0.05) is 0 Å². The van der Waals surface area contributed by atoms with Gasteiger partial charge in [0.1, 0.15) is 73.2 Å². The van der Waals surface area contributed by atoms with Crippen molar-refractivity contribution in [3.8, 4) is 0 Å². The highest BCUT2D eigenvalue weighted by Crippen LogP contribution is 2.37. The fraction of sp³-hybridized carbons (Fsp3) is 1.00. The van der Waals surface area contributed by atoms with Crippen molar-refractivity contribution in [3.63, 3.8) is 0 Å². The third-order valence-corrected chi connectivity index (χ3v) is 7.31. The Morgan fingerprint density at radius 3 is 1.88 bits per heavy atom. The van der Waals surface area contributed by atoms with Crippen LogP contribution < -0.4 is 0 Å². The second-order valence-corrected chi connectivity index (χ2v) is 11.4. The lowest BCUT2D eigenvalue weighted by Gasteiger charge is -2.42. The predicted octanol–water partition coefficient (Wildman–Crippen LogP) is -4.34. The molecule has 0 aromatic carbocycles. The first-order valence-electron chi connectivity index (χ1n) is 13.2. The Kier molecular flexibility index (Phi) is 10.1. The van der Waals surface area contributed by atoms with Crippen LogP contribution in [-0.4, -0.2) is 165 Å². The summed E-state index contributed by atoms with van der Waals surface area (Å²) in [5, 5.41) is 81.5. The third kappa shape index (κ3) is 6.94. The van der Waals surface area contributed by atoms with Crippen LogP contribution in [0, 0.1) is 0 Å². The topological polar surface area (TPSA) is 236 Å². The number of aliphatic hydroxyl groups is 8. The van der Waals surface area contributed by atoms with Gasteiger partial charge in [0.25, 0.3) is 0 Å². The molecule has 4 rings (SSSR count). The Morgan fingerprint density at radius 2 is 1.30 bits per heavy atom. The van der Waals surface area contributed by atoms with Crippen LogP contribution in [0.3, 0.4) is 0 Å². The monoisotopic (exact) mass is 586 g/mol. The average Bonchev–Trinajstić information content (AvgIpc) is 3.43. The summed E-state index contributed by atoms with van der Waals surface area (Å²) < 4.78 is 45.2. The zero-order valence-electron chi connectivity index (χ0n) is 22.8.